The van der Waals surface area contributed by atoms with Crippen molar-refractivity contribution in [2.75, 3.05) is 0 Å². The van der Waals surface area contributed by atoms with Crippen LogP contribution >= 0.6 is 0 Å². The molecule has 0 N–H and O–H groups in total. The average Bonchev–Trinajstić information content (AvgIpc) is 2.99. The molecule has 0 spiro atoms. The summed E-state index contributed by atoms with van der Waals surface area (Å²) in [4.78, 5) is 4.35. The highest BCUT2D eigenvalue weighted by molar-refractivity contribution is 5.46. The number of rotatable bonds is 1. The molecule has 2 aromatic heterocycles. The summed E-state index contributed by atoms with van der Waals surface area (Å²) >= 11 is 0. The molecule has 3 aromatic rings. The average molecular weight is 267 g/mol. The number of hydrogen-bond acceptors (Lipinski definition) is 4. The maximum absolute atomic E-state index is 5.79. The summed E-state index contributed by atoms with van der Waals surface area (Å²) in [5, 5.41) is 8.50. The smallest absolute Gasteiger partial charge is 0.200 e. The van der Waals surface area contributed by atoms with Crippen molar-refractivity contribution in [1.82, 2.24) is 24.3 Å². The maximum atomic E-state index is 5.79. The van der Waals surface area contributed by atoms with E-state index >= 15 is 0 Å². The molecule has 0 radical (unpaired) electrons. The van der Waals surface area contributed by atoms with Crippen molar-refractivity contribution in [3.05, 3.63) is 48.0 Å². The van der Waals surface area contributed by atoms with Gasteiger partial charge in [0.1, 0.15) is 12.4 Å². The number of hydrogen-bond donors (Lipinski definition) is 0. The van der Waals surface area contributed by atoms with Gasteiger partial charge in [-0.05, 0) is 6.07 Å². The zero-order valence-corrected chi connectivity index (χ0v) is 11.0. The van der Waals surface area contributed by atoms with Crippen LogP contribution in [0.25, 0.3) is 11.6 Å². The van der Waals surface area contributed by atoms with Crippen LogP contribution in [0, 0.1) is 0 Å². The van der Waals surface area contributed by atoms with Gasteiger partial charge in [0.25, 0.3) is 0 Å². The first-order valence-electron chi connectivity index (χ1n) is 6.43. The minimum atomic E-state index is 0.425. The lowest BCUT2D eigenvalue weighted by Crippen LogP contribution is -2.07. The van der Waals surface area contributed by atoms with Gasteiger partial charge in [0.2, 0.25) is 0 Å². The van der Waals surface area contributed by atoms with Crippen LogP contribution < -0.4 is 4.74 Å². The molecule has 0 atom stereocenters. The molecule has 1 aliphatic heterocycles. The van der Waals surface area contributed by atoms with E-state index in [1.165, 1.54) is 0 Å². The first kappa shape index (κ1) is 11.2. The number of benzene rings is 1. The summed E-state index contributed by atoms with van der Waals surface area (Å²) in [5.41, 5.74) is 1.13. The summed E-state index contributed by atoms with van der Waals surface area (Å²) in [6, 6.07) is 8.03. The van der Waals surface area contributed by atoms with Crippen LogP contribution in [0.15, 0.2) is 36.7 Å². The molecule has 3 heterocycles. The van der Waals surface area contributed by atoms with Gasteiger partial charge in [0.05, 0.1) is 6.54 Å². The van der Waals surface area contributed by atoms with Crippen LogP contribution in [0.1, 0.15) is 11.4 Å². The fourth-order valence-corrected chi connectivity index (χ4v) is 2.44. The molecular formula is C14H13N5O. The number of nitrogens with zero attached hydrogens (tertiary/aromatic N) is 5. The molecule has 0 amide bonds. The maximum Gasteiger partial charge on any atom is 0.200 e. The number of fused-ring (bicyclic) bond motifs is 2. The van der Waals surface area contributed by atoms with Gasteiger partial charge in [0.15, 0.2) is 17.5 Å². The van der Waals surface area contributed by atoms with Crippen molar-refractivity contribution in [3.63, 3.8) is 0 Å². The summed E-state index contributed by atoms with van der Waals surface area (Å²) < 4.78 is 9.79. The number of aromatic nitrogens is 5. The van der Waals surface area contributed by atoms with Crippen LogP contribution in [-0.2, 0) is 20.2 Å². The normalized spacial score (nSPS) is 13.2. The Labute approximate surface area is 115 Å². The summed E-state index contributed by atoms with van der Waals surface area (Å²) in [6.07, 6.45) is 3.66. The van der Waals surface area contributed by atoms with Crippen molar-refractivity contribution in [3.8, 4) is 17.4 Å². The second-order valence-electron chi connectivity index (χ2n) is 4.78. The molecule has 0 fully saturated rings. The Bertz CT molecular complexity index is 773. The number of ether oxygens (including phenoxy) is 1. The molecular weight excluding hydrogens is 254 g/mol. The molecule has 1 aliphatic rings. The second kappa shape index (κ2) is 4.19. The zero-order chi connectivity index (χ0) is 13.5. The Balaban J connectivity index is 1.85. The van der Waals surface area contributed by atoms with Gasteiger partial charge >= 0.3 is 0 Å². The Morgan fingerprint density at radius 3 is 2.90 bits per heavy atom. The van der Waals surface area contributed by atoms with Gasteiger partial charge < -0.3 is 13.9 Å². The van der Waals surface area contributed by atoms with E-state index in [1.54, 1.807) is 6.20 Å². The Kier molecular flexibility index (Phi) is 2.35. The molecule has 100 valence electrons. The predicted molar refractivity (Wildman–Crippen MR) is 72.1 cm³/mol. The van der Waals surface area contributed by atoms with E-state index in [1.807, 2.05) is 36.0 Å². The molecule has 0 unspecified atom stereocenters. The third kappa shape index (κ3) is 1.61. The first-order chi connectivity index (χ1) is 9.83. The molecule has 0 bridgehead atoms. The van der Waals surface area contributed by atoms with E-state index in [0.29, 0.717) is 13.2 Å². The lowest BCUT2D eigenvalue weighted by molar-refractivity contribution is 0.297. The molecule has 4 rings (SSSR count). The van der Waals surface area contributed by atoms with Gasteiger partial charge in [-0.3, -0.25) is 0 Å². The quantitative estimate of drug-likeness (QED) is 0.672. The fraction of sp³-hybridized carbons (Fsp3) is 0.214. The minimum absolute atomic E-state index is 0.425. The number of aryl methyl sites for hydroxylation is 1. The van der Waals surface area contributed by atoms with Crippen LogP contribution in [0.4, 0.5) is 0 Å². The predicted octanol–water partition coefficient (Wildman–Crippen LogP) is 1.62. The van der Waals surface area contributed by atoms with Crippen LogP contribution in [0.2, 0.25) is 0 Å². The standard InChI is InChI=1S/C14H13N5O/c1-18-7-6-15-13(18)14-17-16-12-9-20-11-5-3-2-4-10(11)8-19(12)14/h2-7H,8-9H2,1H3. The van der Waals surface area contributed by atoms with Gasteiger partial charge in [0, 0.05) is 25.0 Å². The largest absolute Gasteiger partial charge is 0.485 e. The van der Waals surface area contributed by atoms with E-state index < -0.39 is 0 Å². The van der Waals surface area contributed by atoms with Crippen LogP contribution in [0.3, 0.4) is 0 Å². The topological polar surface area (TPSA) is 57.8 Å². The van der Waals surface area contributed by atoms with Crippen molar-refractivity contribution in [1.29, 1.82) is 0 Å². The van der Waals surface area contributed by atoms with Crippen LogP contribution in [-0.4, -0.2) is 24.3 Å². The minimum Gasteiger partial charge on any atom is -0.485 e. The lowest BCUT2D eigenvalue weighted by Gasteiger charge is -2.07. The highest BCUT2D eigenvalue weighted by atomic mass is 16.5. The Morgan fingerprint density at radius 2 is 2.05 bits per heavy atom. The van der Waals surface area contributed by atoms with E-state index in [9.17, 15) is 0 Å². The summed E-state index contributed by atoms with van der Waals surface area (Å²) in [5.74, 6) is 3.30. The molecule has 0 aliphatic carbocycles. The van der Waals surface area contributed by atoms with Crippen molar-refractivity contribution >= 4 is 0 Å². The molecule has 6 nitrogen and oxygen atoms in total. The summed E-state index contributed by atoms with van der Waals surface area (Å²) in [6.45, 7) is 1.12. The molecule has 20 heavy (non-hydrogen) atoms. The zero-order valence-electron chi connectivity index (χ0n) is 11.0. The summed E-state index contributed by atoms with van der Waals surface area (Å²) in [7, 11) is 1.95. The number of para-hydroxylation sites is 1. The first-order valence-corrected chi connectivity index (χ1v) is 6.43. The van der Waals surface area contributed by atoms with Gasteiger partial charge in [-0.15, -0.1) is 10.2 Å². The Hall–Kier alpha value is -2.63. The third-order valence-corrected chi connectivity index (χ3v) is 3.51. The molecule has 0 saturated heterocycles. The second-order valence-corrected chi connectivity index (χ2v) is 4.78. The van der Waals surface area contributed by atoms with Crippen LogP contribution in [0.5, 0.6) is 5.75 Å². The fourth-order valence-electron chi connectivity index (χ4n) is 2.44. The molecule has 0 saturated carbocycles. The van der Waals surface area contributed by atoms with E-state index in [-0.39, 0.29) is 0 Å². The van der Waals surface area contributed by atoms with Gasteiger partial charge in [-0.25, -0.2) is 4.98 Å². The lowest BCUT2D eigenvalue weighted by atomic mass is 10.2. The van der Waals surface area contributed by atoms with Gasteiger partial charge in [-0.2, -0.15) is 0 Å². The molecule has 6 heteroatoms. The highest BCUT2D eigenvalue weighted by Crippen LogP contribution is 2.26. The van der Waals surface area contributed by atoms with E-state index in [4.69, 9.17) is 4.74 Å². The SMILES string of the molecule is Cn1ccnc1-c1nnc2n1Cc1ccccc1OC2. The highest BCUT2D eigenvalue weighted by Gasteiger charge is 2.21. The van der Waals surface area contributed by atoms with E-state index in [0.717, 1.165) is 28.8 Å². The molecule has 1 aromatic carbocycles. The van der Waals surface area contributed by atoms with Gasteiger partial charge in [-0.1, -0.05) is 18.2 Å². The van der Waals surface area contributed by atoms with Crippen molar-refractivity contribution < 1.29 is 4.74 Å². The Morgan fingerprint density at radius 1 is 1.15 bits per heavy atom. The monoisotopic (exact) mass is 267 g/mol. The van der Waals surface area contributed by atoms with Crippen molar-refractivity contribution in [2.45, 2.75) is 13.2 Å². The third-order valence-electron chi connectivity index (χ3n) is 3.51. The number of imidazole rings is 1. The van der Waals surface area contributed by atoms with E-state index in [2.05, 4.69) is 25.8 Å². The van der Waals surface area contributed by atoms with Crippen molar-refractivity contribution in [2.24, 2.45) is 7.05 Å².